The third-order valence-corrected chi connectivity index (χ3v) is 3.91. The quantitative estimate of drug-likeness (QED) is 0.676. The number of amides is 2. The van der Waals surface area contributed by atoms with Crippen molar-refractivity contribution in [2.24, 2.45) is 0 Å². The Bertz CT molecular complexity index is 501. The number of rotatable bonds is 3. The van der Waals surface area contributed by atoms with Crippen LogP contribution >= 0.6 is 11.8 Å². The third kappa shape index (κ3) is 3.54. The van der Waals surface area contributed by atoms with Gasteiger partial charge in [0, 0.05) is 23.5 Å². The highest BCUT2D eigenvalue weighted by Gasteiger charge is 2.18. The molecule has 1 unspecified atom stereocenters. The summed E-state index contributed by atoms with van der Waals surface area (Å²) in [5.74, 6) is 0.355. The van der Waals surface area contributed by atoms with Crippen molar-refractivity contribution in [2.45, 2.75) is 12.5 Å². The van der Waals surface area contributed by atoms with Crippen LogP contribution in [0.4, 0.5) is 10.5 Å². The Kier molecular flexibility index (Phi) is 4.16. The van der Waals surface area contributed by atoms with E-state index in [-0.39, 0.29) is 23.4 Å². The maximum absolute atomic E-state index is 11.7. The van der Waals surface area contributed by atoms with Gasteiger partial charge in [-0.15, -0.1) is 0 Å². The number of carbonyl (C=O) groups excluding carboxylic acids is 1. The molecule has 0 radical (unpaired) electrons. The van der Waals surface area contributed by atoms with E-state index in [9.17, 15) is 14.7 Å². The molecule has 1 heterocycles. The van der Waals surface area contributed by atoms with Crippen LogP contribution in [0.1, 0.15) is 16.8 Å². The molecule has 1 aromatic rings. The number of aromatic carboxylic acids is 1. The van der Waals surface area contributed by atoms with Gasteiger partial charge in [0.1, 0.15) is 11.3 Å². The molecule has 19 heavy (non-hydrogen) atoms. The second-order valence-electron chi connectivity index (χ2n) is 4.20. The lowest BCUT2D eigenvalue weighted by atomic mass is 10.2. The van der Waals surface area contributed by atoms with Crippen molar-refractivity contribution in [1.82, 2.24) is 5.32 Å². The highest BCUT2D eigenvalue weighted by Crippen LogP contribution is 2.22. The van der Waals surface area contributed by atoms with E-state index in [0.717, 1.165) is 17.9 Å². The summed E-state index contributed by atoms with van der Waals surface area (Å²) in [6.45, 7) is 0. The molecule has 2 rings (SSSR count). The Labute approximate surface area is 114 Å². The number of phenols is 1. The number of benzene rings is 1. The zero-order valence-electron chi connectivity index (χ0n) is 10.0. The summed E-state index contributed by atoms with van der Waals surface area (Å²) in [5, 5.41) is 23.6. The smallest absolute Gasteiger partial charge is 0.339 e. The van der Waals surface area contributed by atoms with Gasteiger partial charge < -0.3 is 20.8 Å². The first-order chi connectivity index (χ1) is 9.06. The lowest BCUT2D eigenvalue weighted by Gasteiger charge is -2.12. The Morgan fingerprint density at radius 3 is 2.74 bits per heavy atom. The lowest BCUT2D eigenvalue weighted by Crippen LogP contribution is -2.37. The predicted octanol–water partition coefficient (Wildman–Crippen LogP) is 1.72. The number of carboxylic acids is 1. The van der Waals surface area contributed by atoms with Gasteiger partial charge in [-0.1, -0.05) is 0 Å². The summed E-state index contributed by atoms with van der Waals surface area (Å²) >= 11 is 1.79. The number of hydrogen-bond acceptors (Lipinski definition) is 4. The molecule has 0 aromatic heterocycles. The molecule has 1 aliphatic rings. The molecule has 0 bridgehead atoms. The molecule has 4 N–H and O–H groups in total. The van der Waals surface area contributed by atoms with Crippen molar-refractivity contribution in [3.63, 3.8) is 0 Å². The fourth-order valence-electron chi connectivity index (χ4n) is 1.79. The Morgan fingerprint density at radius 2 is 2.16 bits per heavy atom. The van der Waals surface area contributed by atoms with Gasteiger partial charge in [-0.2, -0.15) is 11.8 Å². The zero-order chi connectivity index (χ0) is 13.8. The monoisotopic (exact) mass is 282 g/mol. The molecule has 7 heteroatoms. The van der Waals surface area contributed by atoms with Crippen LogP contribution in [0.3, 0.4) is 0 Å². The summed E-state index contributed by atoms with van der Waals surface area (Å²) in [5.41, 5.74) is 0.156. The molecule has 6 nitrogen and oxygen atoms in total. The molecule has 0 spiro atoms. The van der Waals surface area contributed by atoms with E-state index < -0.39 is 5.97 Å². The van der Waals surface area contributed by atoms with E-state index in [4.69, 9.17) is 5.11 Å². The summed E-state index contributed by atoms with van der Waals surface area (Å²) in [6.07, 6.45) is 0.946. The summed E-state index contributed by atoms with van der Waals surface area (Å²) in [4.78, 5) is 22.4. The largest absolute Gasteiger partial charge is 0.507 e. The third-order valence-electron chi connectivity index (χ3n) is 2.75. The Hall–Kier alpha value is -1.89. The van der Waals surface area contributed by atoms with Crippen LogP contribution < -0.4 is 10.6 Å². The molecular weight excluding hydrogens is 268 g/mol. The molecule has 2 amide bonds. The number of carboxylic acid groups (broad SMARTS) is 1. The van der Waals surface area contributed by atoms with E-state index >= 15 is 0 Å². The van der Waals surface area contributed by atoms with Crippen molar-refractivity contribution in [3.8, 4) is 5.75 Å². The normalized spacial score (nSPS) is 18.0. The first-order valence-corrected chi connectivity index (χ1v) is 6.93. The molecule has 102 valence electrons. The fourth-order valence-corrected chi connectivity index (χ4v) is 2.94. The standard InChI is InChI=1S/C12H14N2O4S/c15-10-5-7(1-2-9(10)11(16)17)13-12(18)14-8-3-4-19-6-8/h1-2,5,8,15H,3-4,6H2,(H,16,17)(H2,13,14,18). The second kappa shape index (κ2) is 5.83. The van der Waals surface area contributed by atoms with Crippen LogP contribution in [0, 0.1) is 0 Å². The number of hydrogen-bond donors (Lipinski definition) is 4. The van der Waals surface area contributed by atoms with Crippen LogP contribution in [-0.2, 0) is 0 Å². The Balaban J connectivity index is 1.96. The number of urea groups is 1. The van der Waals surface area contributed by atoms with Gasteiger partial charge in [0.25, 0.3) is 0 Å². The van der Waals surface area contributed by atoms with Crippen LogP contribution in [0.25, 0.3) is 0 Å². The summed E-state index contributed by atoms with van der Waals surface area (Å²) in [6, 6.07) is 3.71. The van der Waals surface area contributed by atoms with Gasteiger partial charge in [-0.25, -0.2) is 9.59 Å². The van der Waals surface area contributed by atoms with Gasteiger partial charge in [-0.05, 0) is 24.3 Å². The maximum Gasteiger partial charge on any atom is 0.339 e. The molecule has 1 fully saturated rings. The molecule has 0 saturated carbocycles. The number of thioether (sulfide) groups is 1. The van der Waals surface area contributed by atoms with Gasteiger partial charge in [-0.3, -0.25) is 0 Å². The minimum Gasteiger partial charge on any atom is -0.507 e. The lowest BCUT2D eigenvalue weighted by molar-refractivity contribution is 0.0694. The molecule has 1 aromatic carbocycles. The average molecular weight is 282 g/mol. The number of aromatic hydroxyl groups is 1. The van der Waals surface area contributed by atoms with E-state index in [1.54, 1.807) is 11.8 Å². The van der Waals surface area contributed by atoms with Crippen molar-refractivity contribution in [1.29, 1.82) is 0 Å². The van der Waals surface area contributed by atoms with Crippen LogP contribution in [-0.4, -0.2) is 39.8 Å². The first kappa shape index (κ1) is 13.5. The molecule has 0 aliphatic carbocycles. The topological polar surface area (TPSA) is 98.7 Å². The number of carbonyl (C=O) groups is 2. The highest BCUT2D eigenvalue weighted by atomic mass is 32.2. The maximum atomic E-state index is 11.7. The van der Waals surface area contributed by atoms with Crippen LogP contribution in [0.5, 0.6) is 5.75 Å². The van der Waals surface area contributed by atoms with Gasteiger partial charge >= 0.3 is 12.0 Å². The zero-order valence-corrected chi connectivity index (χ0v) is 10.9. The van der Waals surface area contributed by atoms with Crippen molar-refractivity contribution < 1.29 is 19.8 Å². The van der Waals surface area contributed by atoms with Crippen molar-refractivity contribution in [2.75, 3.05) is 16.8 Å². The fraction of sp³-hybridized carbons (Fsp3) is 0.333. The first-order valence-electron chi connectivity index (χ1n) is 5.78. The second-order valence-corrected chi connectivity index (χ2v) is 5.35. The van der Waals surface area contributed by atoms with Crippen molar-refractivity contribution >= 4 is 29.4 Å². The molecule has 1 saturated heterocycles. The number of anilines is 1. The van der Waals surface area contributed by atoms with E-state index in [2.05, 4.69) is 10.6 Å². The summed E-state index contributed by atoms with van der Waals surface area (Å²) < 4.78 is 0. The van der Waals surface area contributed by atoms with E-state index in [1.165, 1.54) is 18.2 Å². The van der Waals surface area contributed by atoms with Crippen molar-refractivity contribution in [3.05, 3.63) is 23.8 Å². The molecular formula is C12H14N2O4S. The SMILES string of the molecule is O=C(Nc1ccc(C(=O)O)c(O)c1)NC1CCSC1. The average Bonchev–Trinajstić information content (AvgIpc) is 2.81. The molecule has 1 aliphatic heterocycles. The predicted molar refractivity (Wildman–Crippen MR) is 73.0 cm³/mol. The minimum atomic E-state index is -1.21. The van der Waals surface area contributed by atoms with Gasteiger partial charge in [0.15, 0.2) is 0 Å². The van der Waals surface area contributed by atoms with Gasteiger partial charge in [0.2, 0.25) is 0 Å². The number of nitrogens with one attached hydrogen (secondary N) is 2. The Morgan fingerprint density at radius 1 is 1.37 bits per heavy atom. The van der Waals surface area contributed by atoms with Crippen LogP contribution in [0.15, 0.2) is 18.2 Å². The summed E-state index contributed by atoms with van der Waals surface area (Å²) in [7, 11) is 0. The van der Waals surface area contributed by atoms with Crippen LogP contribution in [0.2, 0.25) is 0 Å². The van der Waals surface area contributed by atoms with E-state index in [0.29, 0.717) is 5.69 Å². The van der Waals surface area contributed by atoms with Gasteiger partial charge in [0.05, 0.1) is 0 Å². The molecule has 1 atom stereocenters. The highest BCUT2D eigenvalue weighted by molar-refractivity contribution is 7.99. The minimum absolute atomic E-state index is 0.164. The van der Waals surface area contributed by atoms with E-state index in [1.807, 2.05) is 0 Å².